The minimum absolute atomic E-state index is 0.344. The van der Waals surface area contributed by atoms with E-state index >= 15 is 0 Å². The van der Waals surface area contributed by atoms with E-state index < -0.39 is 5.97 Å². The van der Waals surface area contributed by atoms with Crippen LogP contribution in [-0.4, -0.2) is 19.1 Å². The van der Waals surface area contributed by atoms with Crippen molar-refractivity contribution in [1.29, 1.82) is 0 Å². The van der Waals surface area contributed by atoms with Gasteiger partial charge in [0.25, 0.3) is 0 Å². The predicted molar refractivity (Wildman–Crippen MR) is 54.4 cm³/mol. The highest BCUT2D eigenvalue weighted by molar-refractivity contribution is 5.87. The van der Waals surface area contributed by atoms with E-state index in [0.717, 1.165) is 25.2 Å². The van der Waals surface area contributed by atoms with Gasteiger partial charge in [-0.05, 0) is 0 Å². The summed E-state index contributed by atoms with van der Waals surface area (Å²) in [5.41, 5.74) is 1.24. The Kier molecular flexibility index (Phi) is 3.02. The average Bonchev–Trinajstić information content (AvgIpc) is 2.71. The predicted octanol–water partition coefficient (Wildman–Crippen LogP) is -0.771. The Morgan fingerprint density at radius 1 is 1.27 bits per heavy atom. The van der Waals surface area contributed by atoms with Gasteiger partial charge in [-0.25, -0.2) is 0 Å². The van der Waals surface area contributed by atoms with Gasteiger partial charge in [0.05, 0.1) is 19.1 Å². The zero-order valence-corrected chi connectivity index (χ0v) is 8.66. The zero-order valence-electron chi connectivity index (χ0n) is 8.66. The summed E-state index contributed by atoms with van der Waals surface area (Å²) in [6.45, 7) is 3.12. The number of hydrogen-bond donors (Lipinski definition) is 1. The van der Waals surface area contributed by atoms with Gasteiger partial charge in [-0.3, -0.25) is 0 Å². The van der Waals surface area contributed by atoms with Crippen LogP contribution in [0.1, 0.15) is 28.8 Å². The van der Waals surface area contributed by atoms with E-state index in [4.69, 9.17) is 0 Å². The van der Waals surface area contributed by atoms with Crippen molar-refractivity contribution in [2.45, 2.75) is 19.4 Å². The number of rotatable bonds is 3. The number of nitrogens with one attached hydrogen (secondary N) is 1. The maximum Gasteiger partial charge on any atom is 0.103 e. The van der Waals surface area contributed by atoms with Gasteiger partial charge in [-0.15, -0.1) is 0 Å². The third-order valence-electron chi connectivity index (χ3n) is 2.99. The van der Waals surface area contributed by atoms with Crippen molar-refractivity contribution in [2.75, 3.05) is 13.1 Å². The average molecular weight is 205 g/mol. The summed E-state index contributed by atoms with van der Waals surface area (Å²) < 4.78 is 0. The molecule has 1 fully saturated rings. The number of hydrogen-bond acceptors (Lipinski definition) is 2. The quantitative estimate of drug-likeness (QED) is 0.704. The Morgan fingerprint density at radius 3 is 2.60 bits per heavy atom. The van der Waals surface area contributed by atoms with Crippen LogP contribution in [0.25, 0.3) is 0 Å². The summed E-state index contributed by atoms with van der Waals surface area (Å²) >= 11 is 0. The Bertz CT molecular complexity index is 356. The number of aromatic carboxylic acids is 1. The van der Waals surface area contributed by atoms with Crippen molar-refractivity contribution in [1.82, 2.24) is 0 Å². The van der Waals surface area contributed by atoms with Crippen LogP contribution in [0.5, 0.6) is 0 Å². The SMILES string of the molecule is O=C([O-])c1ccccc1C[NH+]1CCCC1. The topological polar surface area (TPSA) is 44.6 Å². The number of quaternary nitrogens is 1. The molecule has 80 valence electrons. The first-order chi connectivity index (χ1) is 7.27. The molecule has 0 radical (unpaired) electrons. The maximum atomic E-state index is 10.9. The second kappa shape index (κ2) is 4.45. The first kappa shape index (κ1) is 10.2. The molecule has 0 saturated carbocycles. The summed E-state index contributed by atoms with van der Waals surface area (Å²) in [4.78, 5) is 12.4. The molecule has 1 aliphatic heterocycles. The lowest BCUT2D eigenvalue weighted by atomic mass is 10.1. The second-order valence-corrected chi connectivity index (χ2v) is 4.08. The number of carboxylic acid groups (broad SMARTS) is 1. The monoisotopic (exact) mass is 205 g/mol. The van der Waals surface area contributed by atoms with Crippen molar-refractivity contribution in [3.8, 4) is 0 Å². The lowest BCUT2D eigenvalue weighted by Gasteiger charge is -2.15. The smallest absolute Gasteiger partial charge is 0.103 e. The fraction of sp³-hybridized carbons (Fsp3) is 0.417. The number of carbonyl (C=O) groups excluding carboxylic acids is 1. The molecule has 0 amide bonds. The fourth-order valence-electron chi connectivity index (χ4n) is 2.19. The third kappa shape index (κ3) is 2.36. The summed E-state index contributed by atoms with van der Waals surface area (Å²) in [7, 11) is 0. The molecule has 1 saturated heterocycles. The van der Waals surface area contributed by atoms with Crippen LogP contribution in [-0.2, 0) is 6.54 Å². The van der Waals surface area contributed by atoms with Crippen LogP contribution in [0, 0.1) is 0 Å². The highest BCUT2D eigenvalue weighted by atomic mass is 16.4. The maximum absolute atomic E-state index is 10.9. The van der Waals surface area contributed by atoms with Gasteiger partial charge in [0.2, 0.25) is 0 Å². The van der Waals surface area contributed by atoms with Crippen LogP contribution in [0.2, 0.25) is 0 Å². The number of carbonyl (C=O) groups is 1. The van der Waals surface area contributed by atoms with Gasteiger partial charge in [0.1, 0.15) is 6.54 Å². The van der Waals surface area contributed by atoms with Crippen LogP contribution in [0.4, 0.5) is 0 Å². The Balaban J connectivity index is 2.15. The van der Waals surface area contributed by atoms with Crippen molar-refractivity contribution >= 4 is 5.97 Å². The lowest BCUT2D eigenvalue weighted by Crippen LogP contribution is -3.08. The van der Waals surface area contributed by atoms with Crippen LogP contribution in [0.3, 0.4) is 0 Å². The molecule has 1 aromatic rings. The molecule has 0 aromatic heterocycles. The van der Waals surface area contributed by atoms with Crippen molar-refractivity contribution in [2.24, 2.45) is 0 Å². The molecule has 3 heteroatoms. The van der Waals surface area contributed by atoms with Crippen LogP contribution < -0.4 is 10.0 Å². The fourth-order valence-corrected chi connectivity index (χ4v) is 2.19. The summed E-state index contributed by atoms with van der Waals surface area (Å²) in [6, 6.07) is 7.14. The van der Waals surface area contributed by atoms with Crippen molar-refractivity contribution in [3.05, 3.63) is 35.4 Å². The number of carboxylic acids is 1. The number of benzene rings is 1. The molecule has 2 rings (SSSR count). The number of likely N-dealkylation sites (tertiary alicyclic amines) is 1. The van der Waals surface area contributed by atoms with E-state index in [9.17, 15) is 9.90 Å². The van der Waals surface area contributed by atoms with Gasteiger partial charge in [-0.2, -0.15) is 0 Å². The second-order valence-electron chi connectivity index (χ2n) is 4.08. The highest BCUT2D eigenvalue weighted by Crippen LogP contribution is 2.06. The molecule has 1 aliphatic rings. The minimum Gasteiger partial charge on any atom is -0.545 e. The van der Waals surface area contributed by atoms with Gasteiger partial charge >= 0.3 is 0 Å². The molecule has 3 nitrogen and oxygen atoms in total. The van der Waals surface area contributed by atoms with Crippen LogP contribution >= 0.6 is 0 Å². The van der Waals surface area contributed by atoms with Gasteiger partial charge < -0.3 is 14.8 Å². The van der Waals surface area contributed by atoms with Crippen LogP contribution in [0.15, 0.2) is 24.3 Å². The molecule has 1 N–H and O–H groups in total. The first-order valence-electron chi connectivity index (χ1n) is 5.40. The van der Waals surface area contributed by atoms with E-state index in [-0.39, 0.29) is 0 Å². The molecular formula is C12H15NO2. The van der Waals surface area contributed by atoms with E-state index in [1.54, 1.807) is 12.1 Å². The molecular weight excluding hydrogens is 190 g/mol. The summed E-state index contributed by atoms with van der Waals surface area (Å²) in [6.07, 6.45) is 2.51. The first-order valence-corrected chi connectivity index (χ1v) is 5.40. The summed E-state index contributed by atoms with van der Waals surface area (Å²) in [5, 5.41) is 10.9. The van der Waals surface area contributed by atoms with Crippen molar-refractivity contribution < 1.29 is 14.8 Å². The normalized spacial score (nSPS) is 16.8. The van der Waals surface area contributed by atoms with Gasteiger partial charge in [0.15, 0.2) is 0 Å². The van der Waals surface area contributed by atoms with E-state index in [1.165, 1.54) is 17.7 Å². The molecule has 1 heterocycles. The Morgan fingerprint density at radius 2 is 1.93 bits per heavy atom. The zero-order chi connectivity index (χ0) is 10.7. The molecule has 0 bridgehead atoms. The minimum atomic E-state index is -1.07. The summed E-state index contributed by atoms with van der Waals surface area (Å²) in [5.74, 6) is -1.07. The lowest BCUT2D eigenvalue weighted by molar-refractivity contribution is -0.901. The van der Waals surface area contributed by atoms with E-state index in [1.807, 2.05) is 12.1 Å². The Hall–Kier alpha value is -1.35. The van der Waals surface area contributed by atoms with Gasteiger partial charge in [-0.1, -0.05) is 24.3 Å². The molecule has 15 heavy (non-hydrogen) atoms. The largest absolute Gasteiger partial charge is 0.545 e. The highest BCUT2D eigenvalue weighted by Gasteiger charge is 2.16. The molecule has 0 spiro atoms. The van der Waals surface area contributed by atoms with E-state index in [2.05, 4.69) is 0 Å². The Labute approximate surface area is 89.3 Å². The molecule has 0 atom stereocenters. The van der Waals surface area contributed by atoms with Gasteiger partial charge in [0, 0.05) is 24.0 Å². The van der Waals surface area contributed by atoms with Crippen molar-refractivity contribution in [3.63, 3.8) is 0 Å². The third-order valence-corrected chi connectivity index (χ3v) is 2.99. The molecule has 0 aliphatic carbocycles. The molecule has 1 aromatic carbocycles. The standard InChI is InChI=1S/C12H15NO2/c14-12(15)11-6-2-1-5-10(11)9-13-7-3-4-8-13/h1-2,5-6H,3-4,7-9H2,(H,14,15). The molecule has 0 unspecified atom stereocenters. The van der Waals surface area contributed by atoms with E-state index in [0.29, 0.717) is 5.56 Å².